The molecule has 0 aliphatic carbocycles. The molecule has 7 aromatic carbocycles. The largest absolute Gasteiger partial charge is 0.393 e. The number of aliphatic hydroxyl groups is 8. The van der Waals surface area contributed by atoms with E-state index in [2.05, 4.69) is 216 Å². The van der Waals surface area contributed by atoms with Crippen LogP contribution in [0.25, 0.3) is 84.7 Å². The molecule has 13 aromatic rings. The predicted molar refractivity (Wildman–Crippen MR) is 555 cm³/mol. The summed E-state index contributed by atoms with van der Waals surface area (Å²) < 4.78 is 0. The van der Waals surface area contributed by atoms with Gasteiger partial charge in [-0.3, -0.25) is 29.9 Å². The van der Waals surface area contributed by atoms with Crippen molar-refractivity contribution in [2.45, 2.75) is 290 Å². The van der Waals surface area contributed by atoms with Crippen LogP contribution in [0.1, 0.15) is 245 Å². The second kappa shape index (κ2) is 67.4. The molecule has 0 spiro atoms. The first-order chi connectivity index (χ1) is 63.7. The molecule has 0 fully saturated rings. The standard InChI is InChI=1S/C20H19N2.3C14H15N2.C13H11N2.C11H9N2.C11H24O2.C9H20O2.2C5H12O2.5Ir/c1-20(2,3)19-13-18(21-14-22-19)17-11-7-10-16(12-17)15-8-5-4-6-9-15;3*1-14(2,3)13-9-12(15-10-16-13)11-7-5-4-6-8-11;1-3-11-4-6-12(7-5-11)13-8-10(2)14-9-15-13;1-9-7-11(13-8-12-9)10-5-3-2-4-6-10;1-10(2,3)8(12)7-9(13)11(4,5)6;1-6(2)8(10)5-9(11)7(3)4;2*1-4(6)3-5(2)7;;;;;/h4-10,12-14H,1-3H3;3*4-7,9-10H,1-3H3;3-6,8-9H,1H2,2H3;2-5,7-8H,1H3;8-9,12-13H,7H2,1-6H3;6-11H,5H2,1-4H3;2*4-7H,3H2,1-2H3;;;;;/q6*-1;;;;;;;;;. The van der Waals surface area contributed by atoms with Gasteiger partial charge in [0.1, 0.15) is 38.0 Å². The average molecular weight is 2800 g/mol. The van der Waals surface area contributed by atoms with E-state index in [9.17, 15) is 20.4 Å². The zero-order chi connectivity index (χ0) is 102. The predicted octanol–water partition coefficient (Wildman–Crippen LogP) is 23.6. The zero-order valence-corrected chi connectivity index (χ0v) is 99.5. The van der Waals surface area contributed by atoms with Crippen LogP contribution >= 0.6 is 0 Å². The van der Waals surface area contributed by atoms with Crippen molar-refractivity contribution in [2.24, 2.45) is 22.7 Å². The Kier molecular flexibility index (Phi) is 64.4. The van der Waals surface area contributed by atoms with E-state index in [-0.39, 0.29) is 181 Å². The SMILES string of the molecule is C=Cc1c[c-]c(-c2cc(C)ncn2)cc1.CC(C)(C)C(O)CC(O)C(C)(C)C.CC(C)(C)c1cc(-c2[c-]ccc(-c3ccccc3)c2)ncn1.CC(C)(C)c1cc(-c2[c-]cccc2)ncn1.CC(C)(C)c1cc(-c2[c-]cccc2)ncn1.CC(C)(C)c1cc(-c2[c-]cccc2)ncn1.CC(C)C(O)CC(O)C(C)C.CC(O)CC(C)O.CC(O)CC(C)O.Cc1cc(-c2[c-]cccc2)ncn1.[Ir].[Ir].[Ir].[Ir].[Ir]. The van der Waals surface area contributed by atoms with Crippen molar-refractivity contribution in [3.8, 4) is 78.7 Å². The maximum absolute atomic E-state index is 9.76. The summed E-state index contributed by atoms with van der Waals surface area (Å²) in [6, 6.07) is 84.9. The van der Waals surface area contributed by atoms with E-state index in [1.165, 1.54) is 11.1 Å². The molecule has 13 rings (SSSR count). The monoisotopic (exact) mass is 2810 g/mol. The van der Waals surface area contributed by atoms with Crippen molar-refractivity contribution in [2.75, 3.05) is 0 Å². The fraction of sp³-hybridized carbons (Fsp3) is 0.414. The Labute approximate surface area is 911 Å². The second-order valence-corrected chi connectivity index (χ2v) is 40.7. The van der Waals surface area contributed by atoms with Gasteiger partial charge in [-0.05, 0) is 123 Å². The van der Waals surface area contributed by atoms with Gasteiger partial charge in [0.15, 0.2) is 0 Å². The molecule has 0 bridgehead atoms. The van der Waals surface area contributed by atoms with Crippen LogP contribution in [0.5, 0.6) is 0 Å². The first-order valence-electron chi connectivity index (χ1n) is 46.6. The maximum atomic E-state index is 9.76. The van der Waals surface area contributed by atoms with E-state index in [0.717, 1.165) is 107 Å². The molecule has 0 aliphatic rings. The van der Waals surface area contributed by atoms with Gasteiger partial charge in [-0.15, -0.1) is 227 Å². The van der Waals surface area contributed by atoms with Gasteiger partial charge >= 0.3 is 0 Å². The van der Waals surface area contributed by atoms with E-state index >= 15 is 0 Å². The van der Waals surface area contributed by atoms with Crippen molar-refractivity contribution in [3.05, 3.63) is 321 Å². The van der Waals surface area contributed by atoms with E-state index < -0.39 is 12.2 Å². The number of aryl methyl sites for hydroxylation is 2. The van der Waals surface area contributed by atoms with Gasteiger partial charge in [0.25, 0.3) is 0 Å². The van der Waals surface area contributed by atoms with Crippen molar-refractivity contribution in [3.63, 3.8) is 0 Å². The second-order valence-electron chi connectivity index (χ2n) is 40.7. The quantitative estimate of drug-likeness (QED) is 0.0370. The molecule has 6 aromatic heterocycles. The summed E-state index contributed by atoms with van der Waals surface area (Å²) in [5, 5.41) is 72.5. The Morgan fingerprint density at radius 2 is 0.546 bits per heavy atom. The summed E-state index contributed by atoms with van der Waals surface area (Å²) in [4.78, 5) is 51.0. The van der Waals surface area contributed by atoms with Gasteiger partial charge in [0.05, 0.1) is 48.8 Å². The number of rotatable bonds is 18. The van der Waals surface area contributed by atoms with Gasteiger partial charge in [-0.2, -0.15) is 0 Å². The van der Waals surface area contributed by atoms with Crippen LogP contribution < -0.4 is 0 Å². The van der Waals surface area contributed by atoms with Gasteiger partial charge in [-0.25, -0.2) is 29.9 Å². The molecule has 141 heavy (non-hydrogen) atoms. The van der Waals surface area contributed by atoms with E-state index in [1.807, 2.05) is 253 Å². The fourth-order valence-corrected chi connectivity index (χ4v) is 11.9. The molecule has 8 N–H and O–H groups in total. The van der Waals surface area contributed by atoms with Crippen molar-refractivity contribution >= 4 is 6.08 Å². The minimum atomic E-state index is -0.443. The molecule has 8 atom stereocenters. The van der Waals surface area contributed by atoms with Crippen LogP contribution in [0, 0.1) is 72.9 Å². The van der Waals surface area contributed by atoms with Gasteiger partial charge < -0.3 is 40.9 Å². The Morgan fingerprint density at radius 1 is 0.277 bits per heavy atom. The van der Waals surface area contributed by atoms with E-state index in [1.54, 1.807) is 71.7 Å². The van der Waals surface area contributed by atoms with Crippen LogP contribution in [0.2, 0.25) is 0 Å². The normalized spacial score (nSPS) is 12.6. The number of nitrogens with zero attached hydrogens (tertiary/aromatic N) is 12. The van der Waals surface area contributed by atoms with Crippen LogP contribution in [0.15, 0.2) is 245 Å². The molecule has 0 amide bonds. The van der Waals surface area contributed by atoms with E-state index in [4.69, 9.17) is 20.4 Å². The molecule has 8 unspecified atom stereocenters. The molecular weight excluding hydrogens is 2650 g/mol. The third-order valence-electron chi connectivity index (χ3n) is 20.7. The third-order valence-corrected chi connectivity index (χ3v) is 20.7. The molecule has 775 valence electrons. The summed E-state index contributed by atoms with van der Waals surface area (Å²) in [6.45, 7) is 59.7. The van der Waals surface area contributed by atoms with Crippen LogP contribution in [0.4, 0.5) is 0 Å². The van der Waals surface area contributed by atoms with Gasteiger partial charge in [0, 0.05) is 163 Å². The van der Waals surface area contributed by atoms with Crippen molar-refractivity contribution in [1.82, 2.24) is 59.8 Å². The number of hydrogen-bond acceptors (Lipinski definition) is 20. The summed E-state index contributed by atoms with van der Waals surface area (Å²) in [5.74, 6) is 0.479. The van der Waals surface area contributed by atoms with Crippen molar-refractivity contribution < 1.29 is 141 Å². The Hall–Kier alpha value is -8.31. The molecule has 5 radical (unpaired) electrons. The average Bonchev–Trinajstić information content (AvgIpc) is 0.923. The molecule has 0 aliphatic heterocycles. The van der Waals surface area contributed by atoms with Crippen LogP contribution in [-0.2, 0) is 122 Å². The first kappa shape index (κ1) is 135. The minimum Gasteiger partial charge on any atom is -0.393 e. The summed E-state index contributed by atoms with van der Waals surface area (Å²) in [7, 11) is 0. The number of aromatic nitrogens is 12. The minimum absolute atomic E-state index is 0. The molecular formula is C116H152Ir5N12O8-6. The molecule has 20 nitrogen and oxygen atoms in total. The smallest absolute Gasteiger partial charge is 0.105 e. The number of hydrogen-bond donors (Lipinski definition) is 8. The number of aliphatic hydroxyl groups excluding tert-OH is 8. The van der Waals surface area contributed by atoms with Gasteiger partial charge in [0.2, 0.25) is 0 Å². The van der Waals surface area contributed by atoms with Crippen molar-refractivity contribution in [1.29, 1.82) is 0 Å². The summed E-state index contributed by atoms with van der Waals surface area (Å²) in [6.07, 6.45) is 10.2. The molecule has 0 saturated carbocycles. The molecule has 6 heterocycles. The molecule has 0 saturated heterocycles. The summed E-state index contributed by atoms with van der Waals surface area (Å²) in [5.41, 5.74) is 21.0. The van der Waals surface area contributed by atoms with Crippen LogP contribution in [-0.4, -0.2) is 149 Å². The first-order valence-corrected chi connectivity index (χ1v) is 46.6. The Morgan fingerprint density at radius 3 is 0.780 bits per heavy atom. The van der Waals surface area contributed by atoms with Crippen LogP contribution in [0.3, 0.4) is 0 Å². The Balaban J connectivity index is 0. The van der Waals surface area contributed by atoms with E-state index in [0.29, 0.717) is 25.7 Å². The maximum Gasteiger partial charge on any atom is 0.105 e. The Bertz CT molecular complexity index is 5230. The topological polar surface area (TPSA) is 317 Å². The fourth-order valence-electron chi connectivity index (χ4n) is 11.9. The van der Waals surface area contributed by atoms with Gasteiger partial charge in [-0.1, -0.05) is 219 Å². The third kappa shape index (κ3) is 54.4. The summed E-state index contributed by atoms with van der Waals surface area (Å²) >= 11 is 0. The number of benzene rings is 7. The zero-order valence-electron chi connectivity index (χ0n) is 87.5. The molecule has 25 heteroatoms.